The fourth-order valence-electron chi connectivity index (χ4n) is 8.36. The van der Waals surface area contributed by atoms with Gasteiger partial charge in [-0.25, -0.2) is 9.59 Å². The first-order valence-corrected chi connectivity index (χ1v) is 23.2. The number of nitrogens with one attached hydrogen (secondary N) is 4. The van der Waals surface area contributed by atoms with Gasteiger partial charge in [-0.2, -0.15) is 0 Å². The molecule has 0 unspecified atom stereocenters. The third-order valence-corrected chi connectivity index (χ3v) is 12.1. The second-order valence-corrected chi connectivity index (χ2v) is 17.1. The van der Waals surface area contributed by atoms with Gasteiger partial charge in [0, 0.05) is 70.2 Å². The van der Waals surface area contributed by atoms with Crippen LogP contribution in [0.2, 0.25) is 0 Å². The predicted molar refractivity (Wildman–Crippen MR) is 277 cm³/mol. The zero-order valence-corrected chi connectivity index (χ0v) is 40.3. The number of aromatic carboxylic acids is 2. The average Bonchev–Trinajstić information content (AvgIpc) is 3.84. The van der Waals surface area contributed by atoms with Crippen LogP contribution in [0, 0.1) is 13.8 Å². The summed E-state index contributed by atoms with van der Waals surface area (Å²) in [6.45, 7) is 3.02. The lowest BCUT2D eigenvalue weighted by Gasteiger charge is -2.11. The highest BCUT2D eigenvalue weighted by molar-refractivity contribution is 6.18. The number of carboxylic acids is 2. The van der Waals surface area contributed by atoms with Crippen LogP contribution in [-0.2, 0) is 9.59 Å². The van der Waals surface area contributed by atoms with Gasteiger partial charge >= 0.3 is 11.9 Å². The summed E-state index contributed by atoms with van der Waals surface area (Å²) < 4.78 is 14.6. The molecule has 20 heteroatoms. The maximum absolute atomic E-state index is 13.8. The molecule has 4 heterocycles. The van der Waals surface area contributed by atoms with E-state index in [9.17, 15) is 48.6 Å². The van der Waals surface area contributed by atoms with E-state index < -0.39 is 47.1 Å². The smallest absolute Gasteiger partial charge is 0.337 e. The van der Waals surface area contributed by atoms with Crippen LogP contribution in [0.25, 0.3) is 11.0 Å². The molecule has 20 nitrogen and oxygen atoms in total. The van der Waals surface area contributed by atoms with Crippen molar-refractivity contribution in [3.8, 4) is 11.5 Å². The number of ketones is 2. The molecule has 0 aliphatic heterocycles. The molecule has 0 saturated heterocycles. The van der Waals surface area contributed by atoms with E-state index in [4.69, 9.17) is 20.9 Å². The molecule has 10 N–H and O–H groups in total. The number of aromatic nitrogens is 2. The highest BCUT2D eigenvalue weighted by atomic mass is 16.5. The van der Waals surface area contributed by atoms with Crippen molar-refractivity contribution in [3.05, 3.63) is 189 Å². The highest BCUT2D eigenvalue weighted by Crippen LogP contribution is 2.33. The Morgan fingerprint density at radius 1 is 0.507 bits per heavy atom. The molecular formula is C55H48N8O12. The fraction of sp³-hybridized carbons (Fsp3) is 0.127. The number of carboxylic acid groups (broad SMARTS) is 2. The largest absolute Gasteiger partial charge is 0.484 e. The Kier molecular flexibility index (Phi) is 15.0. The zero-order chi connectivity index (χ0) is 53.5. The molecule has 8 aromatic rings. The summed E-state index contributed by atoms with van der Waals surface area (Å²) in [6.07, 6.45) is 3.73. The number of nitrogens with zero attached hydrogens (tertiary/aromatic N) is 2. The summed E-state index contributed by atoms with van der Waals surface area (Å²) in [6, 6.07) is 30.8. The number of carbonyl (C=O) groups is 8. The number of hydrogen-bond donors (Lipinski definition) is 8. The lowest BCUT2D eigenvalue weighted by atomic mass is 9.98. The molecule has 0 bridgehead atoms. The van der Waals surface area contributed by atoms with Crippen molar-refractivity contribution in [2.45, 2.75) is 20.3 Å². The van der Waals surface area contributed by atoms with Crippen molar-refractivity contribution in [3.63, 3.8) is 0 Å². The quantitative estimate of drug-likeness (QED) is 0.0232. The summed E-state index contributed by atoms with van der Waals surface area (Å²) in [4.78, 5) is 103. The Bertz CT molecular complexity index is 3400. The van der Waals surface area contributed by atoms with Crippen molar-refractivity contribution >= 4 is 81.2 Å². The van der Waals surface area contributed by atoms with E-state index in [1.54, 1.807) is 108 Å². The molecule has 0 radical (unpaired) electrons. The number of carbonyl (C=O) groups excluding carboxylic acids is 6. The van der Waals surface area contributed by atoms with Crippen LogP contribution in [0.15, 0.2) is 134 Å². The van der Waals surface area contributed by atoms with Gasteiger partial charge in [0.25, 0.3) is 23.6 Å². The first kappa shape index (κ1) is 51.1. The number of benzene rings is 4. The molecule has 0 saturated carbocycles. The number of fused-ring (bicyclic) bond motifs is 2. The van der Waals surface area contributed by atoms with E-state index in [2.05, 4.69) is 21.3 Å². The van der Waals surface area contributed by atoms with Crippen molar-refractivity contribution < 1.29 is 58.0 Å². The molecule has 4 aromatic carbocycles. The lowest BCUT2D eigenvalue weighted by Crippen LogP contribution is -2.34. The molecule has 0 aliphatic rings. The number of hydrogen-bond acceptors (Lipinski definition) is 12. The minimum absolute atomic E-state index is 0.0155. The highest BCUT2D eigenvalue weighted by Gasteiger charge is 2.26. The monoisotopic (exact) mass is 1010 g/mol. The normalized spacial score (nSPS) is 10.9. The Morgan fingerprint density at radius 2 is 0.920 bits per heavy atom. The Hall–Kier alpha value is -10.2. The van der Waals surface area contributed by atoms with Gasteiger partial charge in [-0.05, 0) is 117 Å². The first-order chi connectivity index (χ1) is 36.0. The van der Waals surface area contributed by atoms with Crippen LogP contribution in [-0.4, -0.2) is 92.5 Å². The van der Waals surface area contributed by atoms with E-state index in [0.29, 0.717) is 40.2 Å². The molecule has 380 valence electrons. The van der Waals surface area contributed by atoms with Crippen molar-refractivity contribution in [2.75, 3.05) is 48.4 Å². The number of pyridine rings is 2. The van der Waals surface area contributed by atoms with Crippen LogP contribution >= 0.6 is 0 Å². The molecule has 8 rings (SSSR count). The van der Waals surface area contributed by atoms with Gasteiger partial charge in [-0.3, -0.25) is 28.8 Å². The summed E-state index contributed by atoms with van der Waals surface area (Å²) in [5, 5.41) is 30.3. The number of ether oxygens (including phenoxy) is 2. The van der Waals surface area contributed by atoms with Crippen molar-refractivity contribution in [1.82, 2.24) is 19.4 Å². The summed E-state index contributed by atoms with van der Waals surface area (Å²) >= 11 is 0. The minimum atomic E-state index is -1.27. The van der Waals surface area contributed by atoms with Crippen LogP contribution < -0.4 is 42.2 Å². The molecule has 4 aromatic heterocycles. The molecule has 4 amide bonds. The minimum Gasteiger partial charge on any atom is -0.484 e. The van der Waals surface area contributed by atoms with Gasteiger partial charge in [-0.15, -0.1) is 0 Å². The van der Waals surface area contributed by atoms with Crippen molar-refractivity contribution in [2.24, 2.45) is 0 Å². The maximum atomic E-state index is 13.8. The van der Waals surface area contributed by atoms with E-state index in [-0.39, 0.29) is 93.7 Å². The van der Waals surface area contributed by atoms with E-state index in [0.717, 1.165) is 0 Å². The second-order valence-electron chi connectivity index (χ2n) is 17.1. The number of amides is 4. The number of nitrogen functional groups attached to an aromatic ring is 2. The van der Waals surface area contributed by atoms with Gasteiger partial charge < -0.3 is 61.2 Å². The average molecular weight is 1010 g/mol. The predicted octanol–water partition coefficient (Wildman–Crippen LogP) is 6.42. The molecule has 0 fully saturated rings. The van der Waals surface area contributed by atoms with Crippen LogP contribution in [0.3, 0.4) is 0 Å². The Labute approximate surface area is 426 Å². The summed E-state index contributed by atoms with van der Waals surface area (Å²) in [7, 11) is 0. The summed E-state index contributed by atoms with van der Waals surface area (Å²) in [5.41, 5.74) is 14.2. The molecule has 0 atom stereocenters. The third kappa shape index (κ3) is 11.1. The Morgan fingerprint density at radius 3 is 1.32 bits per heavy atom. The fourth-order valence-corrected chi connectivity index (χ4v) is 8.36. The molecular weight excluding hydrogens is 965 g/mol. The van der Waals surface area contributed by atoms with Gasteiger partial charge in [0.2, 0.25) is 0 Å². The lowest BCUT2D eigenvalue weighted by molar-refractivity contribution is -0.123. The van der Waals surface area contributed by atoms with Crippen molar-refractivity contribution in [1.29, 1.82) is 0 Å². The van der Waals surface area contributed by atoms with Gasteiger partial charge in [0.05, 0.1) is 33.3 Å². The first-order valence-electron chi connectivity index (χ1n) is 23.2. The summed E-state index contributed by atoms with van der Waals surface area (Å²) in [5.74, 6) is -4.30. The second kappa shape index (κ2) is 22.0. The number of anilines is 4. The van der Waals surface area contributed by atoms with Crippen LogP contribution in [0.5, 0.6) is 11.5 Å². The standard InChI is InChI=1S/C55H48N8O12/c1-30-46(48(66)32-16-18-40(56)38(26-32)54(70)71)42-14-3-5-22-62(42)50(30)60-52(68)34-10-7-12-36(24-34)74-28-44(64)58-20-9-21-59-45(65)29-75-37-13-8-11-35(25-37)53(69)61-51-31(2)47(43-15-4-6-23-63(43)51)49(67)33-17-19-41(57)39(27-33)55(72)73/h3-8,10-19,22-27H,9,20-21,28-29,56-57H2,1-2H3,(H,58,64)(H,59,65)(H,60,68)(H,61,69)(H,70,71)(H,72,73). The molecule has 0 spiro atoms. The number of rotatable bonds is 20. The van der Waals surface area contributed by atoms with Crippen LogP contribution in [0.1, 0.15) is 90.8 Å². The van der Waals surface area contributed by atoms with Gasteiger partial charge in [0.1, 0.15) is 23.1 Å². The third-order valence-electron chi connectivity index (χ3n) is 12.1. The van der Waals surface area contributed by atoms with E-state index >= 15 is 0 Å². The SMILES string of the molecule is Cc1c(C(=O)c2ccc(N)c(C(=O)O)c2)c2ccccn2c1NC(=O)c1cccc(OCC(=O)NCCCNC(=O)COc2cccc(C(=O)Nc3c(C)c(C(=O)c4ccc(N)c(C(=O)O)c4)c4ccccn34)c2)c1. The molecule has 0 aliphatic carbocycles. The van der Waals surface area contributed by atoms with Crippen LogP contribution in [0.4, 0.5) is 23.0 Å². The van der Waals surface area contributed by atoms with Gasteiger partial charge in [-0.1, -0.05) is 24.3 Å². The topological polar surface area (TPSA) is 304 Å². The van der Waals surface area contributed by atoms with E-state index in [1.165, 1.54) is 48.5 Å². The number of nitrogens with two attached hydrogens (primary N) is 2. The van der Waals surface area contributed by atoms with E-state index in [1.807, 2.05) is 0 Å². The zero-order valence-electron chi connectivity index (χ0n) is 40.3. The Balaban J connectivity index is 0.786. The van der Waals surface area contributed by atoms with Gasteiger partial charge in [0.15, 0.2) is 24.8 Å². The molecule has 75 heavy (non-hydrogen) atoms. The maximum Gasteiger partial charge on any atom is 0.337 e.